The Morgan fingerprint density at radius 3 is 2.84 bits per heavy atom. The fourth-order valence-corrected chi connectivity index (χ4v) is 3.93. The summed E-state index contributed by atoms with van der Waals surface area (Å²) in [6, 6.07) is 10.9. The fourth-order valence-electron chi connectivity index (χ4n) is 3.77. The SMILES string of the molecule is O=c1cc(-c2n[nH]c3ccc(-c4ccc(Cl)cc4F)cc23)nc(O[C@@H]2CNCC[C@H]2F)[nH]1. The van der Waals surface area contributed by atoms with Gasteiger partial charge in [-0.15, -0.1) is 0 Å². The molecule has 3 heterocycles. The predicted octanol–water partition coefficient (Wildman–Crippen LogP) is 3.85. The molecule has 0 saturated carbocycles. The first-order valence-corrected chi connectivity index (χ1v) is 10.4. The zero-order chi connectivity index (χ0) is 22.2. The van der Waals surface area contributed by atoms with Gasteiger partial charge in [0.05, 0.1) is 5.52 Å². The Hall–Kier alpha value is -3.30. The van der Waals surface area contributed by atoms with E-state index in [-0.39, 0.29) is 11.7 Å². The van der Waals surface area contributed by atoms with Crippen LogP contribution >= 0.6 is 11.6 Å². The first-order valence-electron chi connectivity index (χ1n) is 10.0. The molecular weight excluding hydrogens is 440 g/mol. The number of nitrogens with one attached hydrogen (secondary N) is 3. The second-order valence-corrected chi connectivity index (χ2v) is 7.99. The van der Waals surface area contributed by atoms with E-state index < -0.39 is 23.7 Å². The molecule has 1 fully saturated rings. The highest BCUT2D eigenvalue weighted by Gasteiger charge is 2.27. The number of aromatic nitrogens is 4. The number of benzene rings is 2. The average molecular weight is 458 g/mol. The molecule has 32 heavy (non-hydrogen) atoms. The molecule has 5 rings (SSSR count). The van der Waals surface area contributed by atoms with Gasteiger partial charge in [0.1, 0.15) is 29.5 Å². The van der Waals surface area contributed by atoms with E-state index in [2.05, 4.69) is 25.5 Å². The van der Waals surface area contributed by atoms with Gasteiger partial charge < -0.3 is 10.1 Å². The van der Waals surface area contributed by atoms with Crippen LogP contribution in [0.25, 0.3) is 33.4 Å². The van der Waals surface area contributed by atoms with Crippen LogP contribution in [0.4, 0.5) is 8.78 Å². The van der Waals surface area contributed by atoms with Crippen molar-refractivity contribution in [2.45, 2.75) is 18.7 Å². The molecule has 7 nitrogen and oxygen atoms in total. The lowest BCUT2D eigenvalue weighted by Gasteiger charge is -2.26. The topological polar surface area (TPSA) is 95.7 Å². The summed E-state index contributed by atoms with van der Waals surface area (Å²) >= 11 is 5.86. The lowest BCUT2D eigenvalue weighted by molar-refractivity contribution is 0.0666. The number of halogens is 3. The average Bonchev–Trinajstić information content (AvgIpc) is 3.18. The van der Waals surface area contributed by atoms with Gasteiger partial charge in [-0.05, 0) is 48.9 Å². The molecule has 3 N–H and O–H groups in total. The largest absolute Gasteiger partial charge is 0.457 e. The standard InChI is InChI=1S/C22H18ClF2N5O2/c23-12-2-3-13(16(25)8-12)11-1-4-17-14(7-11)21(30-29-17)18-9-20(31)28-22(27-18)32-19-10-26-6-5-15(19)24/h1-4,7-9,15,19,26H,5-6,10H2,(H,29,30)(H,27,28,31)/t15-,19-/m1/s1. The summed E-state index contributed by atoms with van der Waals surface area (Å²) < 4.78 is 34.2. The van der Waals surface area contributed by atoms with E-state index in [1.165, 1.54) is 12.1 Å². The molecule has 1 aliphatic rings. The molecule has 2 aromatic heterocycles. The highest BCUT2D eigenvalue weighted by atomic mass is 35.5. The van der Waals surface area contributed by atoms with E-state index in [9.17, 15) is 13.6 Å². The fraction of sp³-hybridized carbons (Fsp3) is 0.227. The number of H-pyrrole nitrogens is 2. The van der Waals surface area contributed by atoms with E-state index >= 15 is 0 Å². The van der Waals surface area contributed by atoms with Gasteiger partial charge in [0.2, 0.25) is 0 Å². The number of fused-ring (bicyclic) bond motifs is 1. The van der Waals surface area contributed by atoms with Gasteiger partial charge in [-0.1, -0.05) is 17.7 Å². The van der Waals surface area contributed by atoms with Crippen molar-refractivity contribution in [2.24, 2.45) is 0 Å². The molecule has 164 valence electrons. The highest BCUT2D eigenvalue weighted by molar-refractivity contribution is 6.30. The lowest BCUT2D eigenvalue weighted by Crippen LogP contribution is -2.45. The second kappa shape index (κ2) is 8.33. The van der Waals surface area contributed by atoms with Crippen LogP contribution in [0.3, 0.4) is 0 Å². The van der Waals surface area contributed by atoms with Crippen LogP contribution in [0.2, 0.25) is 5.02 Å². The first-order chi connectivity index (χ1) is 15.5. The summed E-state index contributed by atoms with van der Waals surface area (Å²) in [6.07, 6.45) is -1.59. The monoisotopic (exact) mass is 457 g/mol. The molecule has 0 unspecified atom stereocenters. The molecule has 0 amide bonds. The summed E-state index contributed by atoms with van der Waals surface area (Å²) in [5.41, 5.74) is 1.87. The van der Waals surface area contributed by atoms with E-state index in [0.717, 1.165) is 0 Å². The molecule has 1 aliphatic heterocycles. The third-order valence-corrected chi connectivity index (χ3v) is 5.61. The molecule has 0 radical (unpaired) electrons. The maximum atomic E-state index is 14.4. The molecule has 1 saturated heterocycles. The zero-order valence-electron chi connectivity index (χ0n) is 16.7. The summed E-state index contributed by atoms with van der Waals surface area (Å²) in [4.78, 5) is 19.1. The maximum Gasteiger partial charge on any atom is 0.297 e. The minimum absolute atomic E-state index is 0.0834. The Labute approximate surface area is 185 Å². The number of rotatable bonds is 4. The minimum Gasteiger partial charge on any atom is -0.457 e. The van der Waals surface area contributed by atoms with Gasteiger partial charge in [-0.25, -0.2) is 8.78 Å². The normalized spacial score (nSPS) is 18.7. The summed E-state index contributed by atoms with van der Waals surface area (Å²) in [5.74, 6) is -0.450. The van der Waals surface area contributed by atoms with Crippen molar-refractivity contribution in [3.63, 3.8) is 0 Å². The molecule has 0 aliphatic carbocycles. The smallest absolute Gasteiger partial charge is 0.297 e. The van der Waals surface area contributed by atoms with Gasteiger partial charge in [0, 0.05) is 28.6 Å². The van der Waals surface area contributed by atoms with E-state index in [1.54, 1.807) is 30.3 Å². The second-order valence-electron chi connectivity index (χ2n) is 7.56. The molecule has 4 aromatic rings. The van der Waals surface area contributed by atoms with E-state index in [1.807, 2.05) is 0 Å². The van der Waals surface area contributed by atoms with Crippen LogP contribution in [0.15, 0.2) is 47.3 Å². The summed E-state index contributed by atoms with van der Waals surface area (Å²) in [5, 5.41) is 11.2. The number of aromatic amines is 2. The van der Waals surface area contributed by atoms with Gasteiger partial charge >= 0.3 is 0 Å². The van der Waals surface area contributed by atoms with Gasteiger partial charge in [0.25, 0.3) is 11.6 Å². The van der Waals surface area contributed by atoms with Gasteiger partial charge in [-0.3, -0.25) is 14.9 Å². The third kappa shape index (κ3) is 3.96. The van der Waals surface area contributed by atoms with Crippen molar-refractivity contribution in [1.82, 2.24) is 25.5 Å². The lowest BCUT2D eigenvalue weighted by atomic mass is 10.0. The Balaban J connectivity index is 1.54. The van der Waals surface area contributed by atoms with Crippen molar-refractivity contribution in [3.05, 3.63) is 63.7 Å². The Kier molecular flexibility index (Phi) is 5.36. The summed E-state index contributed by atoms with van der Waals surface area (Å²) in [7, 11) is 0. The van der Waals surface area contributed by atoms with Crippen LogP contribution in [-0.4, -0.2) is 45.5 Å². The predicted molar refractivity (Wildman–Crippen MR) is 117 cm³/mol. The minimum atomic E-state index is -1.16. The van der Waals surface area contributed by atoms with Gasteiger partial charge in [-0.2, -0.15) is 10.1 Å². The van der Waals surface area contributed by atoms with Crippen molar-refractivity contribution >= 4 is 22.5 Å². The summed E-state index contributed by atoms with van der Waals surface area (Å²) in [6.45, 7) is 0.886. The van der Waals surface area contributed by atoms with E-state index in [4.69, 9.17) is 16.3 Å². The Morgan fingerprint density at radius 2 is 2.03 bits per heavy atom. The first kappa shape index (κ1) is 20.6. The van der Waals surface area contributed by atoms with Crippen LogP contribution in [0.1, 0.15) is 6.42 Å². The Bertz CT molecular complexity index is 1360. The van der Waals surface area contributed by atoms with Crippen molar-refractivity contribution in [1.29, 1.82) is 0 Å². The number of hydrogen-bond donors (Lipinski definition) is 3. The number of piperidine rings is 1. The van der Waals surface area contributed by atoms with Gasteiger partial charge in [0.15, 0.2) is 0 Å². The molecule has 10 heteroatoms. The zero-order valence-corrected chi connectivity index (χ0v) is 17.4. The third-order valence-electron chi connectivity index (χ3n) is 5.38. The quantitative estimate of drug-likeness (QED) is 0.432. The highest BCUT2D eigenvalue weighted by Crippen LogP contribution is 2.31. The van der Waals surface area contributed by atoms with Crippen molar-refractivity contribution in [3.8, 4) is 28.5 Å². The Morgan fingerprint density at radius 1 is 1.16 bits per heavy atom. The number of ether oxygens (including phenoxy) is 1. The van der Waals surface area contributed by atoms with Crippen molar-refractivity contribution < 1.29 is 13.5 Å². The number of hydrogen-bond acceptors (Lipinski definition) is 5. The van der Waals surface area contributed by atoms with Crippen LogP contribution in [0, 0.1) is 5.82 Å². The van der Waals surface area contributed by atoms with E-state index in [0.29, 0.717) is 52.3 Å². The molecule has 2 atom stereocenters. The molecule has 2 aromatic carbocycles. The van der Waals surface area contributed by atoms with Crippen LogP contribution < -0.4 is 15.6 Å². The molecular formula is C22H18ClF2N5O2. The molecule has 0 spiro atoms. The van der Waals surface area contributed by atoms with Crippen LogP contribution in [0.5, 0.6) is 6.01 Å². The van der Waals surface area contributed by atoms with Crippen LogP contribution in [-0.2, 0) is 0 Å². The maximum absolute atomic E-state index is 14.4. The van der Waals surface area contributed by atoms with Crippen molar-refractivity contribution in [2.75, 3.05) is 13.1 Å². The molecule has 0 bridgehead atoms. The number of alkyl halides is 1. The number of nitrogens with zero attached hydrogens (tertiary/aromatic N) is 2.